The SMILES string of the molecule is CC(C)(C)OC(=O)N1CCN(c2ccc3cc(-c4cn5ccccc5n4)c(=O)oc3n2)CC1. The number of nitrogens with zero attached hydrogens (tertiary/aromatic N) is 5. The fourth-order valence-electron chi connectivity index (χ4n) is 3.85. The van der Waals surface area contributed by atoms with Crippen LogP contribution in [0.3, 0.4) is 0 Å². The van der Waals surface area contributed by atoms with Gasteiger partial charge in [0, 0.05) is 44.0 Å². The van der Waals surface area contributed by atoms with Gasteiger partial charge >= 0.3 is 11.7 Å². The van der Waals surface area contributed by atoms with Gasteiger partial charge in [-0.15, -0.1) is 0 Å². The molecule has 1 aliphatic rings. The predicted octanol–water partition coefficient (Wildman–Crippen LogP) is 3.56. The summed E-state index contributed by atoms with van der Waals surface area (Å²) in [6.07, 6.45) is 3.38. The van der Waals surface area contributed by atoms with E-state index in [1.54, 1.807) is 17.2 Å². The monoisotopic (exact) mass is 447 g/mol. The highest BCUT2D eigenvalue weighted by molar-refractivity contribution is 5.80. The summed E-state index contributed by atoms with van der Waals surface area (Å²) < 4.78 is 12.9. The Morgan fingerprint density at radius 2 is 1.85 bits per heavy atom. The van der Waals surface area contributed by atoms with Crippen molar-refractivity contribution >= 4 is 28.7 Å². The maximum absolute atomic E-state index is 12.7. The lowest BCUT2D eigenvalue weighted by molar-refractivity contribution is 0.0240. The zero-order valence-electron chi connectivity index (χ0n) is 18.8. The molecule has 5 heterocycles. The summed E-state index contributed by atoms with van der Waals surface area (Å²) >= 11 is 0. The van der Waals surface area contributed by atoms with Crippen LogP contribution in [-0.4, -0.2) is 57.1 Å². The summed E-state index contributed by atoms with van der Waals surface area (Å²) in [5.41, 5.74) is 0.982. The highest BCUT2D eigenvalue weighted by Gasteiger charge is 2.26. The standard InChI is InChI=1S/C24H25N5O4/c1-24(2,3)33-23(31)28-12-10-27(11-13-28)20-8-7-16-14-17(22(30)32-21(16)26-20)18-15-29-9-5-4-6-19(29)25-18/h4-9,14-15H,10-13H2,1-3H3. The van der Waals surface area contributed by atoms with E-state index in [0.29, 0.717) is 43.3 Å². The maximum atomic E-state index is 12.7. The zero-order chi connectivity index (χ0) is 23.2. The molecule has 0 atom stereocenters. The van der Waals surface area contributed by atoms with E-state index in [4.69, 9.17) is 9.15 Å². The molecule has 170 valence electrons. The molecule has 0 saturated carbocycles. The van der Waals surface area contributed by atoms with Gasteiger partial charge in [0.05, 0.1) is 11.3 Å². The van der Waals surface area contributed by atoms with Crippen molar-refractivity contribution < 1.29 is 13.9 Å². The third kappa shape index (κ3) is 4.26. The van der Waals surface area contributed by atoms with Crippen LogP contribution in [-0.2, 0) is 4.74 Å². The van der Waals surface area contributed by atoms with Crippen LogP contribution >= 0.6 is 0 Å². The number of anilines is 1. The van der Waals surface area contributed by atoms with Crippen LogP contribution in [0.5, 0.6) is 0 Å². The molecule has 4 aromatic rings. The van der Waals surface area contributed by atoms with Crippen LogP contribution in [0.25, 0.3) is 28.0 Å². The molecular weight excluding hydrogens is 422 g/mol. The average Bonchev–Trinajstić information content (AvgIpc) is 3.21. The highest BCUT2D eigenvalue weighted by atomic mass is 16.6. The lowest BCUT2D eigenvalue weighted by Gasteiger charge is -2.36. The van der Waals surface area contributed by atoms with E-state index in [9.17, 15) is 9.59 Å². The van der Waals surface area contributed by atoms with Crippen molar-refractivity contribution in [2.45, 2.75) is 26.4 Å². The molecule has 0 radical (unpaired) electrons. The molecule has 9 nitrogen and oxygen atoms in total. The minimum atomic E-state index is -0.520. The first-order valence-corrected chi connectivity index (χ1v) is 10.9. The molecule has 0 spiro atoms. The molecule has 0 aliphatic carbocycles. The van der Waals surface area contributed by atoms with Crippen LogP contribution in [0, 0.1) is 0 Å². The Morgan fingerprint density at radius 1 is 1.06 bits per heavy atom. The van der Waals surface area contributed by atoms with Gasteiger partial charge < -0.3 is 23.4 Å². The number of carbonyl (C=O) groups excluding carboxylic acids is 1. The Labute approximate surface area is 190 Å². The van der Waals surface area contributed by atoms with Crippen LogP contribution in [0.4, 0.5) is 10.6 Å². The van der Waals surface area contributed by atoms with E-state index >= 15 is 0 Å². The zero-order valence-corrected chi connectivity index (χ0v) is 18.8. The lowest BCUT2D eigenvalue weighted by atomic mass is 10.2. The Morgan fingerprint density at radius 3 is 2.58 bits per heavy atom. The topological polar surface area (TPSA) is 93.2 Å². The molecule has 0 unspecified atom stereocenters. The van der Waals surface area contributed by atoms with Gasteiger partial charge in [-0.05, 0) is 51.1 Å². The number of piperazine rings is 1. The second-order valence-corrected chi connectivity index (χ2v) is 9.06. The van der Waals surface area contributed by atoms with Crippen LogP contribution in [0.15, 0.2) is 58.0 Å². The number of rotatable bonds is 2. The highest BCUT2D eigenvalue weighted by Crippen LogP contribution is 2.23. The van der Waals surface area contributed by atoms with Crippen molar-refractivity contribution in [3.8, 4) is 11.3 Å². The first kappa shape index (κ1) is 21.0. The lowest BCUT2D eigenvalue weighted by Crippen LogP contribution is -2.50. The summed E-state index contributed by atoms with van der Waals surface area (Å²) in [5, 5.41) is 0.720. The summed E-state index contributed by atoms with van der Waals surface area (Å²) in [6, 6.07) is 11.2. The molecule has 0 bridgehead atoms. The van der Waals surface area contributed by atoms with Crippen LogP contribution in [0.1, 0.15) is 20.8 Å². The van der Waals surface area contributed by atoms with Crippen LogP contribution < -0.4 is 10.5 Å². The van der Waals surface area contributed by atoms with Gasteiger partial charge in [-0.1, -0.05) is 6.07 Å². The van der Waals surface area contributed by atoms with E-state index < -0.39 is 11.2 Å². The summed E-state index contributed by atoms with van der Waals surface area (Å²) in [7, 11) is 0. The van der Waals surface area contributed by atoms with E-state index in [1.807, 2.05) is 61.7 Å². The molecule has 1 amide bonds. The first-order valence-electron chi connectivity index (χ1n) is 10.9. The molecule has 1 aliphatic heterocycles. The maximum Gasteiger partial charge on any atom is 0.410 e. The van der Waals surface area contributed by atoms with E-state index in [2.05, 4.69) is 14.9 Å². The van der Waals surface area contributed by atoms with Crippen molar-refractivity contribution in [1.82, 2.24) is 19.3 Å². The molecule has 33 heavy (non-hydrogen) atoms. The number of amides is 1. The first-order chi connectivity index (χ1) is 15.8. The summed E-state index contributed by atoms with van der Waals surface area (Å²) in [5.74, 6) is 0.704. The number of carbonyl (C=O) groups is 1. The van der Waals surface area contributed by atoms with Crippen molar-refractivity contribution in [3.63, 3.8) is 0 Å². The fourth-order valence-corrected chi connectivity index (χ4v) is 3.85. The van der Waals surface area contributed by atoms with E-state index in [-0.39, 0.29) is 11.8 Å². The molecule has 1 fully saturated rings. The van der Waals surface area contributed by atoms with Gasteiger partial charge in [-0.3, -0.25) is 0 Å². The Hall–Kier alpha value is -3.88. The van der Waals surface area contributed by atoms with E-state index in [0.717, 1.165) is 11.0 Å². The number of fused-ring (bicyclic) bond motifs is 2. The second-order valence-electron chi connectivity index (χ2n) is 9.06. The van der Waals surface area contributed by atoms with E-state index in [1.165, 1.54) is 0 Å². The molecule has 0 N–H and O–H groups in total. The average molecular weight is 447 g/mol. The molecule has 1 saturated heterocycles. The van der Waals surface area contributed by atoms with Crippen molar-refractivity contribution in [2.75, 3.05) is 31.1 Å². The Kier molecular flexibility index (Phi) is 5.03. The molecular formula is C24H25N5O4. The number of imidazole rings is 1. The van der Waals surface area contributed by atoms with Gasteiger partial charge in [0.1, 0.15) is 17.1 Å². The second kappa shape index (κ2) is 7.91. The minimum Gasteiger partial charge on any atom is -0.444 e. The molecule has 4 aromatic heterocycles. The van der Waals surface area contributed by atoms with Gasteiger partial charge in [0.25, 0.3) is 0 Å². The van der Waals surface area contributed by atoms with Crippen molar-refractivity contribution in [1.29, 1.82) is 0 Å². The van der Waals surface area contributed by atoms with Gasteiger partial charge in [0.15, 0.2) is 0 Å². The van der Waals surface area contributed by atoms with Crippen LogP contribution in [0.2, 0.25) is 0 Å². The van der Waals surface area contributed by atoms with Gasteiger partial charge in [-0.2, -0.15) is 4.98 Å². The number of aromatic nitrogens is 3. The summed E-state index contributed by atoms with van der Waals surface area (Å²) in [6.45, 7) is 7.86. The molecule has 9 heteroatoms. The number of hydrogen-bond donors (Lipinski definition) is 0. The summed E-state index contributed by atoms with van der Waals surface area (Å²) in [4.78, 5) is 37.8. The van der Waals surface area contributed by atoms with Gasteiger partial charge in [0.2, 0.25) is 5.71 Å². The minimum absolute atomic E-state index is 0.277. The number of pyridine rings is 2. The Bertz CT molecular complexity index is 1360. The normalized spacial score (nSPS) is 14.8. The van der Waals surface area contributed by atoms with Gasteiger partial charge in [-0.25, -0.2) is 14.6 Å². The molecule has 0 aromatic carbocycles. The largest absolute Gasteiger partial charge is 0.444 e. The predicted molar refractivity (Wildman–Crippen MR) is 124 cm³/mol. The van der Waals surface area contributed by atoms with Crippen molar-refractivity contribution in [2.24, 2.45) is 0 Å². The smallest absolute Gasteiger partial charge is 0.410 e. The number of hydrogen-bond acceptors (Lipinski definition) is 7. The quantitative estimate of drug-likeness (QED) is 0.464. The third-order valence-electron chi connectivity index (χ3n) is 5.48. The number of ether oxygens (including phenoxy) is 1. The fraction of sp³-hybridized carbons (Fsp3) is 0.333. The Balaban J connectivity index is 1.36. The molecule has 5 rings (SSSR count). The third-order valence-corrected chi connectivity index (χ3v) is 5.48. The van der Waals surface area contributed by atoms with Crippen molar-refractivity contribution in [3.05, 3.63) is 59.2 Å².